The lowest BCUT2D eigenvalue weighted by Gasteiger charge is -2.26. The molecule has 1 aromatic carbocycles. The lowest BCUT2D eigenvalue weighted by Crippen LogP contribution is -2.38. The summed E-state index contributed by atoms with van der Waals surface area (Å²) in [6.45, 7) is 1.29. The van der Waals surface area contributed by atoms with E-state index in [1.54, 1.807) is 30.6 Å². The van der Waals surface area contributed by atoms with Gasteiger partial charge < -0.3 is 10.3 Å². The largest absolute Gasteiger partial charge is 0.399 e. The van der Waals surface area contributed by atoms with Gasteiger partial charge in [-0.2, -0.15) is 4.31 Å². The fourth-order valence-corrected chi connectivity index (χ4v) is 3.72. The molecule has 0 saturated carbocycles. The van der Waals surface area contributed by atoms with Gasteiger partial charge in [0.25, 0.3) is 0 Å². The first-order chi connectivity index (χ1) is 9.54. The number of aromatic nitrogens is 3. The Morgan fingerprint density at radius 3 is 2.95 bits per heavy atom. The zero-order valence-electron chi connectivity index (χ0n) is 10.8. The topological polar surface area (TPSA) is 94.1 Å². The fraction of sp³-hybridized carbons (Fsp3) is 0.333. The first kappa shape index (κ1) is 13.1. The number of hydrogen-bond donors (Lipinski definition) is 1. The Bertz CT molecular complexity index is 725. The Morgan fingerprint density at radius 2 is 2.15 bits per heavy atom. The number of nitrogens with two attached hydrogens (primary N) is 1. The summed E-state index contributed by atoms with van der Waals surface area (Å²) in [5.41, 5.74) is 6.93. The molecule has 2 heterocycles. The lowest BCUT2D eigenvalue weighted by atomic mass is 10.2. The predicted molar refractivity (Wildman–Crippen MR) is 73.9 cm³/mol. The van der Waals surface area contributed by atoms with Crippen LogP contribution in [-0.4, -0.2) is 34.0 Å². The van der Waals surface area contributed by atoms with Crippen molar-refractivity contribution >= 4 is 15.7 Å². The van der Waals surface area contributed by atoms with E-state index < -0.39 is 10.0 Å². The highest BCUT2D eigenvalue weighted by atomic mass is 32.2. The lowest BCUT2D eigenvalue weighted by molar-refractivity contribution is 0.335. The van der Waals surface area contributed by atoms with Crippen LogP contribution in [0.15, 0.2) is 30.6 Å². The van der Waals surface area contributed by atoms with Gasteiger partial charge in [-0.3, -0.25) is 0 Å². The minimum Gasteiger partial charge on any atom is -0.399 e. The van der Waals surface area contributed by atoms with E-state index in [9.17, 15) is 8.42 Å². The van der Waals surface area contributed by atoms with Gasteiger partial charge in [0.2, 0.25) is 10.0 Å². The average molecular weight is 293 g/mol. The minimum absolute atomic E-state index is 0.0494. The third-order valence-electron chi connectivity index (χ3n) is 3.30. The molecule has 0 saturated heterocycles. The van der Waals surface area contributed by atoms with Gasteiger partial charge >= 0.3 is 0 Å². The van der Waals surface area contributed by atoms with Gasteiger partial charge in [0.05, 0.1) is 12.3 Å². The van der Waals surface area contributed by atoms with Gasteiger partial charge in [0, 0.05) is 18.8 Å². The SMILES string of the molecule is Nc1cccc(CS(=O)(=O)N2CCn3cnnc3C2)c1. The quantitative estimate of drug-likeness (QED) is 0.816. The number of nitrogens with zero attached hydrogens (tertiary/aromatic N) is 4. The van der Waals surface area contributed by atoms with Gasteiger partial charge in [-0.1, -0.05) is 12.1 Å². The van der Waals surface area contributed by atoms with E-state index in [0.29, 0.717) is 30.2 Å². The number of anilines is 1. The number of fused-ring (bicyclic) bond motifs is 1. The van der Waals surface area contributed by atoms with Gasteiger partial charge in [0.1, 0.15) is 12.2 Å². The molecule has 0 bridgehead atoms. The van der Waals surface area contributed by atoms with Crippen LogP contribution in [0.5, 0.6) is 0 Å². The maximum Gasteiger partial charge on any atom is 0.218 e. The number of nitrogen functional groups attached to an aromatic ring is 1. The third-order valence-corrected chi connectivity index (χ3v) is 5.09. The molecule has 0 aliphatic carbocycles. The molecule has 0 amide bonds. The molecule has 1 aromatic heterocycles. The van der Waals surface area contributed by atoms with Crippen LogP contribution in [-0.2, 0) is 28.9 Å². The molecule has 2 N–H and O–H groups in total. The molecule has 0 unspecified atom stereocenters. The Kier molecular flexibility index (Phi) is 3.19. The van der Waals surface area contributed by atoms with Crippen LogP contribution in [0.1, 0.15) is 11.4 Å². The number of hydrogen-bond acceptors (Lipinski definition) is 5. The average Bonchev–Trinajstić information content (AvgIpc) is 2.85. The van der Waals surface area contributed by atoms with Gasteiger partial charge in [0.15, 0.2) is 0 Å². The molecule has 20 heavy (non-hydrogen) atoms. The van der Waals surface area contributed by atoms with E-state index in [1.165, 1.54) is 4.31 Å². The highest BCUT2D eigenvalue weighted by Crippen LogP contribution is 2.18. The molecule has 0 atom stereocenters. The molecule has 3 rings (SSSR count). The summed E-state index contributed by atoms with van der Waals surface area (Å²) in [6, 6.07) is 6.94. The Labute approximate surface area is 117 Å². The van der Waals surface area contributed by atoms with E-state index in [0.717, 1.165) is 0 Å². The van der Waals surface area contributed by atoms with Crippen molar-refractivity contribution < 1.29 is 8.42 Å². The Morgan fingerprint density at radius 1 is 1.30 bits per heavy atom. The second kappa shape index (κ2) is 4.88. The van der Waals surface area contributed by atoms with Crippen LogP contribution in [0.25, 0.3) is 0 Å². The van der Waals surface area contributed by atoms with Crippen molar-refractivity contribution in [3.8, 4) is 0 Å². The van der Waals surface area contributed by atoms with E-state index >= 15 is 0 Å². The van der Waals surface area contributed by atoms with E-state index in [4.69, 9.17) is 5.73 Å². The monoisotopic (exact) mass is 293 g/mol. The third kappa shape index (κ3) is 2.52. The maximum atomic E-state index is 12.4. The van der Waals surface area contributed by atoms with Crippen molar-refractivity contribution in [2.75, 3.05) is 12.3 Å². The van der Waals surface area contributed by atoms with Gasteiger partial charge in [-0.05, 0) is 17.7 Å². The molecule has 2 aromatic rings. The molecule has 1 aliphatic heterocycles. The van der Waals surface area contributed by atoms with Gasteiger partial charge in [-0.25, -0.2) is 8.42 Å². The molecule has 1 aliphatic rings. The summed E-state index contributed by atoms with van der Waals surface area (Å²) in [6.07, 6.45) is 1.62. The molecule has 7 nitrogen and oxygen atoms in total. The van der Waals surface area contributed by atoms with E-state index in [-0.39, 0.29) is 12.3 Å². The van der Waals surface area contributed by atoms with Crippen LogP contribution in [0.3, 0.4) is 0 Å². The summed E-state index contributed by atoms with van der Waals surface area (Å²) in [5, 5.41) is 7.72. The fourth-order valence-electron chi connectivity index (χ4n) is 2.27. The molecule has 106 valence electrons. The minimum atomic E-state index is -3.38. The number of benzene rings is 1. The normalized spacial score (nSPS) is 16.0. The van der Waals surface area contributed by atoms with Crippen molar-refractivity contribution in [1.82, 2.24) is 19.1 Å². The van der Waals surface area contributed by atoms with Crippen LogP contribution < -0.4 is 5.73 Å². The van der Waals surface area contributed by atoms with Crippen molar-refractivity contribution in [3.05, 3.63) is 42.0 Å². The Balaban J connectivity index is 1.79. The standard InChI is InChI=1S/C12H15N5O2S/c13-11-3-1-2-10(6-11)8-20(18,19)17-5-4-16-9-14-15-12(16)7-17/h1-3,6,9H,4-5,7-8,13H2. The molecule has 0 spiro atoms. The zero-order chi connectivity index (χ0) is 14.2. The summed E-state index contributed by atoms with van der Waals surface area (Å²) in [5.74, 6) is 0.624. The second-order valence-electron chi connectivity index (χ2n) is 4.78. The summed E-state index contributed by atoms with van der Waals surface area (Å²) >= 11 is 0. The number of rotatable bonds is 3. The van der Waals surface area contributed by atoms with Crippen LogP contribution in [0.4, 0.5) is 5.69 Å². The molecular formula is C12H15N5O2S. The molecular weight excluding hydrogens is 278 g/mol. The van der Waals surface area contributed by atoms with Crippen molar-refractivity contribution in [2.45, 2.75) is 18.8 Å². The summed E-state index contributed by atoms with van der Waals surface area (Å²) < 4.78 is 28.2. The highest BCUT2D eigenvalue weighted by molar-refractivity contribution is 7.88. The molecule has 8 heteroatoms. The van der Waals surface area contributed by atoms with Gasteiger partial charge in [-0.15, -0.1) is 10.2 Å². The first-order valence-corrected chi connectivity index (χ1v) is 7.84. The zero-order valence-corrected chi connectivity index (χ0v) is 11.6. The summed E-state index contributed by atoms with van der Waals surface area (Å²) in [7, 11) is -3.38. The molecule has 0 fully saturated rings. The Hall–Kier alpha value is -1.93. The highest BCUT2D eigenvalue weighted by Gasteiger charge is 2.27. The van der Waals surface area contributed by atoms with E-state index in [2.05, 4.69) is 10.2 Å². The smallest absolute Gasteiger partial charge is 0.218 e. The first-order valence-electron chi connectivity index (χ1n) is 6.23. The second-order valence-corrected chi connectivity index (χ2v) is 6.74. The van der Waals surface area contributed by atoms with Crippen molar-refractivity contribution in [2.24, 2.45) is 0 Å². The van der Waals surface area contributed by atoms with Crippen molar-refractivity contribution in [1.29, 1.82) is 0 Å². The summed E-state index contributed by atoms with van der Waals surface area (Å²) in [4.78, 5) is 0. The maximum absolute atomic E-state index is 12.4. The molecule has 0 radical (unpaired) electrons. The number of sulfonamides is 1. The van der Waals surface area contributed by atoms with Crippen LogP contribution in [0, 0.1) is 0 Å². The van der Waals surface area contributed by atoms with E-state index in [1.807, 2.05) is 4.57 Å². The van der Waals surface area contributed by atoms with Crippen LogP contribution >= 0.6 is 0 Å². The predicted octanol–water partition coefficient (Wildman–Crippen LogP) is 0.206. The van der Waals surface area contributed by atoms with Crippen molar-refractivity contribution in [3.63, 3.8) is 0 Å². The van der Waals surface area contributed by atoms with Crippen LogP contribution in [0.2, 0.25) is 0 Å².